The first-order valence-electron chi connectivity index (χ1n) is 5.88. The second kappa shape index (κ2) is 5.61. The van der Waals surface area contributed by atoms with E-state index in [1.54, 1.807) is 6.92 Å². The van der Waals surface area contributed by atoms with Gasteiger partial charge in [0.2, 0.25) is 0 Å². The van der Waals surface area contributed by atoms with Crippen molar-refractivity contribution in [3.63, 3.8) is 0 Å². The fourth-order valence-corrected chi connectivity index (χ4v) is 2.18. The SMILES string of the molecule is Cc1cc(F)ccc1C(O)c1ccc(C(F)(F)F)nc1Cl. The molecule has 2 rings (SSSR count). The lowest BCUT2D eigenvalue weighted by Crippen LogP contribution is -2.10. The van der Waals surface area contributed by atoms with Gasteiger partial charge in [-0.2, -0.15) is 13.2 Å². The lowest BCUT2D eigenvalue weighted by molar-refractivity contribution is -0.141. The maximum atomic E-state index is 13.0. The third-order valence-corrected chi connectivity index (χ3v) is 3.29. The van der Waals surface area contributed by atoms with E-state index in [1.807, 2.05) is 0 Å². The maximum Gasteiger partial charge on any atom is 0.433 e. The average molecular weight is 320 g/mol. The number of aliphatic hydroxyl groups excluding tert-OH is 1. The van der Waals surface area contributed by atoms with E-state index in [0.29, 0.717) is 11.1 Å². The van der Waals surface area contributed by atoms with E-state index in [1.165, 1.54) is 12.1 Å². The standard InChI is InChI=1S/C14H10ClF4NO/c1-7-6-8(16)2-3-9(7)12(21)10-4-5-11(14(17,18)19)20-13(10)15/h2-6,12,21H,1H3. The Hall–Kier alpha value is -1.66. The highest BCUT2D eigenvalue weighted by Gasteiger charge is 2.33. The monoisotopic (exact) mass is 319 g/mol. The Kier molecular flexibility index (Phi) is 4.20. The Balaban J connectivity index is 2.42. The highest BCUT2D eigenvalue weighted by molar-refractivity contribution is 6.30. The smallest absolute Gasteiger partial charge is 0.384 e. The quantitative estimate of drug-likeness (QED) is 0.662. The minimum atomic E-state index is -4.61. The normalized spacial score (nSPS) is 13.3. The van der Waals surface area contributed by atoms with E-state index in [-0.39, 0.29) is 5.56 Å². The third kappa shape index (κ3) is 3.33. The molecule has 0 aliphatic rings. The highest BCUT2D eigenvalue weighted by atomic mass is 35.5. The summed E-state index contributed by atoms with van der Waals surface area (Å²) in [6.07, 6.45) is -5.90. The summed E-state index contributed by atoms with van der Waals surface area (Å²) >= 11 is 5.72. The molecule has 0 spiro atoms. The van der Waals surface area contributed by atoms with Crippen molar-refractivity contribution in [1.29, 1.82) is 0 Å². The van der Waals surface area contributed by atoms with Crippen LogP contribution in [0.3, 0.4) is 0 Å². The number of aromatic nitrogens is 1. The van der Waals surface area contributed by atoms with Crippen LogP contribution >= 0.6 is 11.6 Å². The Morgan fingerprint density at radius 1 is 1.14 bits per heavy atom. The molecule has 1 unspecified atom stereocenters. The molecule has 1 heterocycles. The second-order valence-corrected chi connectivity index (χ2v) is 4.84. The lowest BCUT2D eigenvalue weighted by atomic mass is 9.98. The maximum absolute atomic E-state index is 13.0. The van der Waals surface area contributed by atoms with Crippen LogP contribution in [-0.2, 0) is 6.18 Å². The summed E-state index contributed by atoms with van der Waals surface area (Å²) in [7, 11) is 0. The van der Waals surface area contributed by atoms with Crippen molar-refractivity contribution in [2.45, 2.75) is 19.2 Å². The Labute approximate surface area is 123 Å². The first-order chi connectivity index (χ1) is 9.70. The molecule has 0 fully saturated rings. The molecule has 0 saturated carbocycles. The van der Waals surface area contributed by atoms with Crippen LogP contribution in [0, 0.1) is 12.7 Å². The van der Waals surface area contributed by atoms with Gasteiger partial charge in [-0.1, -0.05) is 23.7 Å². The van der Waals surface area contributed by atoms with Crippen LogP contribution in [0.5, 0.6) is 0 Å². The van der Waals surface area contributed by atoms with E-state index in [9.17, 15) is 22.7 Å². The second-order valence-electron chi connectivity index (χ2n) is 4.48. The van der Waals surface area contributed by atoms with Crippen molar-refractivity contribution < 1.29 is 22.7 Å². The van der Waals surface area contributed by atoms with Crippen molar-refractivity contribution >= 4 is 11.6 Å². The number of rotatable bonds is 2. The fraction of sp³-hybridized carbons (Fsp3) is 0.214. The number of aryl methyl sites for hydroxylation is 1. The van der Waals surface area contributed by atoms with Crippen molar-refractivity contribution in [1.82, 2.24) is 4.98 Å². The molecule has 0 bridgehead atoms. The topological polar surface area (TPSA) is 33.1 Å². The summed E-state index contributed by atoms with van der Waals surface area (Å²) in [4.78, 5) is 3.24. The summed E-state index contributed by atoms with van der Waals surface area (Å²) in [5.41, 5.74) is -0.308. The molecule has 0 aliphatic heterocycles. The number of benzene rings is 1. The number of hydrogen-bond donors (Lipinski definition) is 1. The Bertz CT molecular complexity index is 673. The molecule has 2 nitrogen and oxygen atoms in total. The zero-order chi connectivity index (χ0) is 15.8. The molecule has 1 N–H and O–H groups in total. The first-order valence-corrected chi connectivity index (χ1v) is 6.25. The van der Waals surface area contributed by atoms with Gasteiger partial charge in [0.15, 0.2) is 0 Å². The number of pyridine rings is 1. The summed E-state index contributed by atoms with van der Waals surface area (Å²) in [5, 5.41) is 9.77. The number of alkyl halides is 3. The Morgan fingerprint density at radius 3 is 2.29 bits per heavy atom. The fourth-order valence-electron chi connectivity index (χ4n) is 1.92. The first kappa shape index (κ1) is 15.7. The van der Waals surface area contributed by atoms with Crippen molar-refractivity contribution in [2.75, 3.05) is 0 Å². The van der Waals surface area contributed by atoms with Gasteiger partial charge in [-0.25, -0.2) is 9.37 Å². The Morgan fingerprint density at radius 2 is 1.76 bits per heavy atom. The molecular weight excluding hydrogens is 310 g/mol. The van der Waals surface area contributed by atoms with E-state index in [4.69, 9.17) is 11.6 Å². The number of aliphatic hydroxyl groups is 1. The number of nitrogens with zero attached hydrogens (tertiary/aromatic N) is 1. The van der Waals surface area contributed by atoms with Gasteiger partial charge in [-0.15, -0.1) is 0 Å². The van der Waals surface area contributed by atoms with Crippen LogP contribution in [0.25, 0.3) is 0 Å². The molecular formula is C14H10ClF4NO. The van der Waals surface area contributed by atoms with E-state index < -0.39 is 28.9 Å². The lowest BCUT2D eigenvalue weighted by Gasteiger charge is -2.16. The van der Waals surface area contributed by atoms with Crippen LogP contribution in [0.2, 0.25) is 5.15 Å². The molecule has 0 amide bonds. The van der Waals surface area contributed by atoms with E-state index >= 15 is 0 Å². The predicted octanol–water partition coefficient (Wildman–Crippen LogP) is 4.28. The summed E-state index contributed by atoms with van der Waals surface area (Å²) in [5.74, 6) is -0.472. The van der Waals surface area contributed by atoms with Crippen LogP contribution in [0.15, 0.2) is 30.3 Å². The molecule has 112 valence electrons. The van der Waals surface area contributed by atoms with Gasteiger partial charge in [-0.3, -0.25) is 0 Å². The van der Waals surface area contributed by atoms with Crippen molar-refractivity contribution in [3.05, 3.63) is 63.7 Å². The largest absolute Gasteiger partial charge is 0.433 e. The van der Waals surface area contributed by atoms with Gasteiger partial charge >= 0.3 is 6.18 Å². The molecule has 21 heavy (non-hydrogen) atoms. The van der Waals surface area contributed by atoms with E-state index in [2.05, 4.69) is 4.98 Å². The van der Waals surface area contributed by atoms with Gasteiger partial charge in [-0.05, 0) is 36.2 Å². The zero-order valence-electron chi connectivity index (χ0n) is 10.7. The highest BCUT2D eigenvalue weighted by Crippen LogP contribution is 2.33. The molecule has 7 heteroatoms. The molecule has 1 aromatic heterocycles. The summed E-state index contributed by atoms with van der Waals surface area (Å²) in [6.45, 7) is 1.58. The van der Waals surface area contributed by atoms with Crippen LogP contribution in [-0.4, -0.2) is 10.1 Å². The van der Waals surface area contributed by atoms with Crippen LogP contribution in [0.4, 0.5) is 17.6 Å². The summed E-state index contributed by atoms with van der Waals surface area (Å²) in [6, 6.07) is 5.51. The molecule has 1 atom stereocenters. The zero-order valence-corrected chi connectivity index (χ0v) is 11.5. The van der Waals surface area contributed by atoms with E-state index in [0.717, 1.165) is 18.2 Å². The van der Waals surface area contributed by atoms with Gasteiger partial charge in [0.25, 0.3) is 0 Å². The number of hydrogen-bond acceptors (Lipinski definition) is 2. The molecule has 2 aromatic rings. The van der Waals surface area contributed by atoms with Gasteiger partial charge in [0.1, 0.15) is 22.8 Å². The molecule has 1 aromatic carbocycles. The minimum Gasteiger partial charge on any atom is -0.384 e. The van der Waals surface area contributed by atoms with Gasteiger partial charge < -0.3 is 5.11 Å². The molecule has 0 aliphatic carbocycles. The van der Waals surface area contributed by atoms with Gasteiger partial charge in [0.05, 0.1) is 0 Å². The minimum absolute atomic E-state index is 0.0272. The van der Waals surface area contributed by atoms with Crippen LogP contribution in [0.1, 0.15) is 28.5 Å². The average Bonchev–Trinajstić information content (AvgIpc) is 2.36. The molecule has 0 radical (unpaired) electrons. The third-order valence-electron chi connectivity index (χ3n) is 2.99. The number of halogens is 5. The molecule has 0 saturated heterocycles. The summed E-state index contributed by atoms with van der Waals surface area (Å²) < 4.78 is 50.6. The predicted molar refractivity (Wildman–Crippen MR) is 69.4 cm³/mol. The van der Waals surface area contributed by atoms with Crippen molar-refractivity contribution in [2.24, 2.45) is 0 Å². The van der Waals surface area contributed by atoms with Crippen LogP contribution < -0.4 is 0 Å². The van der Waals surface area contributed by atoms with Gasteiger partial charge in [0, 0.05) is 5.56 Å². The van der Waals surface area contributed by atoms with Crippen molar-refractivity contribution in [3.8, 4) is 0 Å².